The van der Waals surface area contributed by atoms with Crippen LogP contribution in [0.2, 0.25) is 0 Å². The zero-order valence-corrected chi connectivity index (χ0v) is 19.8. The van der Waals surface area contributed by atoms with E-state index in [9.17, 15) is 0 Å². The molecule has 0 aromatic heterocycles. The number of allylic oxidation sites excluding steroid dienone is 12. The van der Waals surface area contributed by atoms with E-state index in [-0.39, 0.29) is 0 Å². The summed E-state index contributed by atoms with van der Waals surface area (Å²) in [6.07, 6.45) is 16.7. The van der Waals surface area contributed by atoms with E-state index in [1.54, 1.807) is 0 Å². The molecule has 0 N–H and O–H groups in total. The molecule has 0 fully saturated rings. The first-order valence-electron chi connectivity index (χ1n) is 10.4. The second-order valence-corrected chi connectivity index (χ2v) is 7.56. The predicted molar refractivity (Wildman–Crippen MR) is 134 cm³/mol. The molecule has 158 valence electrons. The highest BCUT2D eigenvalue weighted by atomic mass is 15.1. The lowest BCUT2D eigenvalue weighted by Crippen LogP contribution is -2.14. The lowest BCUT2D eigenvalue weighted by molar-refractivity contribution is 0.555. The summed E-state index contributed by atoms with van der Waals surface area (Å²) < 4.78 is 0. The highest BCUT2D eigenvalue weighted by Gasteiger charge is 2.10. The number of hydrogen-bond donors (Lipinski definition) is 0. The van der Waals surface area contributed by atoms with Crippen molar-refractivity contribution in [3.8, 4) is 0 Å². The lowest BCUT2D eigenvalue weighted by atomic mass is 9.95. The van der Waals surface area contributed by atoms with Crippen molar-refractivity contribution in [3.63, 3.8) is 0 Å². The molecule has 0 radical (unpaired) electrons. The Labute approximate surface area is 180 Å². The molecule has 0 rings (SSSR count). The van der Waals surface area contributed by atoms with E-state index in [2.05, 4.69) is 83.5 Å². The van der Waals surface area contributed by atoms with Gasteiger partial charge in [0.05, 0.1) is 0 Å². The van der Waals surface area contributed by atoms with Gasteiger partial charge in [-0.2, -0.15) is 0 Å². The second-order valence-electron chi connectivity index (χ2n) is 7.56. The quantitative estimate of drug-likeness (QED) is 0.238. The summed E-state index contributed by atoms with van der Waals surface area (Å²) in [5.74, 6) is 0.484. The Balaban J connectivity index is 6.00. The molecule has 0 saturated heterocycles. The van der Waals surface area contributed by atoms with Crippen LogP contribution in [0.25, 0.3) is 0 Å². The Hall–Kier alpha value is -2.54. The van der Waals surface area contributed by atoms with E-state index in [1.807, 2.05) is 38.8 Å². The van der Waals surface area contributed by atoms with E-state index >= 15 is 0 Å². The van der Waals surface area contributed by atoms with E-state index in [4.69, 9.17) is 0 Å². The minimum atomic E-state index is 0.484. The highest BCUT2D eigenvalue weighted by Crippen LogP contribution is 2.25. The molecule has 0 aliphatic carbocycles. The molecule has 0 aromatic rings. The standard InChI is InChI=1S/C28H41N/c1-12-16-22(7)18-27(28(15-4)21(5)6)20-25(10)29(11)24(9)19-26(17-13-2)23(8)14-3/h12-13,15,17-20,23H,1,5,9-10,14,16H2,2-4,6-8,11H3/b17-13-,22-18+,26-19+,27-20-,28-15-. The van der Waals surface area contributed by atoms with Gasteiger partial charge in [-0.3, -0.25) is 0 Å². The van der Waals surface area contributed by atoms with Gasteiger partial charge >= 0.3 is 0 Å². The van der Waals surface area contributed by atoms with E-state index < -0.39 is 0 Å². The minimum absolute atomic E-state index is 0.484. The van der Waals surface area contributed by atoms with Crippen LogP contribution in [0.1, 0.15) is 54.4 Å². The molecule has 0 spiro atoms. The van der Waals surface area contributed by atoms with Crippen LogP contribution in [0.15, 0.2) is 108 Å². The molecule has 29 heavy (non-hydrogen) atoms. The van der Waals surface area contributed by atoms with Gasteiger partial charge in [0.15, 0.2) is 0 Å². The molecule has 1 nitrogen and oxygen atoms in total. The van der Waals surface area contributed by atoms with E-state index in [0.29, 0.717) is 5.92 Å². The molecule has 0 aliphatic rings. The van der Waals surface area contributed by atoms with Crippen molar-refractivity contribution in [2.75, 3.05) is 7.05 Å². The molecular weight excluding hydrogens is 350 g/mol. The summed E-state index contributed by atoms with van der Waals surface area (Å²) in [5, 5.41) is 0. The molecule has 1 heteroatoms. The molecule has 1 unspecified atom stereocenters. The van der Waals surface area contributed by atoms with Crippen LogP contribution < -0.4 is 0 Å². The van der Waals surface area contributed by atoms with Crippen LogP contribution in [0.3, 0.4) is 0 Å². The van der Waals surface area contributed by atoms with Crippen molar-refractivity contribution in [2.45, 2.75) is 54.4 Å². The Bertz CT molecular complexity index is 762. The fraction of sp³-hybridized carbons (Fsp3) is 0.357. The van der Waals surface area contributed by atoms with Crippen LogP contribution in [0.4, 0.5) is 0 Å². The molecule has 0 saturated carbocycles. The number of likely N-dealkylation sites (N-methyl/N-ethyl adjacent to an activating group) is 1. The van der Waals surface area contributed by atoms with Crippen molar-refractivity contribution < 1.29 is 0 Å². The van der Waals surface area contributed by atoms with Gasteiger partial charge in [0, 0.05) is 18.4 Å². The van der Waals surface area contributed by atoms with E-state index in [1.165, 1.54) is 11.1 Å². The third-order valence-corrected chi connectivity index (χ3v) is 4.99. The summed E-state index contributed by atoms with van der Waals surface area (Å²) in [6.45, 7) is 29.2. The molecule has 0 heterocycles. The minimum Gasteiger partial charge on any atom is -0.346 e. The third-order valence-electron chi connectivity index (χ3n) is 4.99. The second kappa shape index (κ2) is 13.6. The number of hydrogen-bond acceptors (Lipinski definition) is 1. The van der Waals surface area contributed by atoms with Crippen LogP contribution in [0, 0.1) is 5.92 Å². The first-order chi connectivity index (χ1) is 13.6. The van der Waals surface area contributed by atoms with Crippen LogP contribution in [0.5, 0.6) is 0 Å². The average Bonchev–Trinajstić information content (AvgIpc) is 2.66. The number of nitrogens with zero attached hydrogens (tertiary/aromatic N) is 1. The fourth-order valence-electron chi connectivity index (χ4n) is 2.94. The largest absolute Gasteiger partial charge is 0.346 e. The molecular formula is C28H41N. The summed E-state index contributed by atoms with van der Waals surface area (Å²) in [5.41, 5.74) is 7.58. The van der Waals surface area contributed by atoms with Gasteiger partial charge in [0.1, 0.15) is 0 Å². The van der Waals surface area contributed by atoms with Crippen molar-refractivity contribution in [1.82, 2.24) is 4.90 Å². The topological polar surface area (TPSA) is 3.24 Å². The van der Waals surface area contributed by atoms with Crippen molar-refractivity contribution in [1.29, 1.82) is 0 Å². The van der Waals surface area contributed by atoms with Crippen LogP contribution in [-0.2, 0) is 0 Å². The maximum absolute atomic E-state index is 4.30. The molecule has 0 aliphatic heterocycles. The lowest BCUT2D eigenvalue weighted by Gasteiger charge is -2.23. The van der Waals surface area contributed by atoms with Crippen LogP contribution >= 0.6 is 0 Å². The Morgan fingerprint density at radius 1 is 1.00 bits per heavy atom. The zero-order valence-electron chi connectivity index (χ0n) is 19.8. The fourth-order valence-corrected chi connectivity index (χ4v) is 2.94. The summed E-state index contributed by atoms with van der Waals surface area (Å²) in [4.78, 5) is 2.04. The predicted octanol–water partition coefficient (Wildman–Crippen LogP) is 8.47. The van der Waals surface area contributed by atoms with Crippen LogP contribution in [-0.4, -0.2) is 11.9 Å². The monoisotopic (exact) mass is 391 g/mol. The van der Waals surface area contributed by atoms with Gasteiger partial charge in [0.2, 0.25) is 0 Å². The zero-order chi connectivity index (χ0) is 22.6. The molecule has 0 amide bonds. The SMILES string of the molecule is C=CC/C(C)=C/C(=C/C(=C)N(C)C(=C)/C=C(\C=C/C)C(C)CC)C(=C\C)/C(=C)C. The van der Waals surface area contributed by atoms with Gasteiger partial charge in [-0.25, -0.2) is 0 Å². The average molecular weight is 392 g/mol. The van der Waals surface area contributed by atoms with Gasteiger partial charge in [-0.05, 0) is 75.3 Å². The summed E-state index contributed by atoms with van der Waals surface area (Å²) in [7, 11) is 2.01. The normalized spacial score (nSPS) is 14.7. The first-order valence-corrected chi connectivity index (χ1v) is 10.4. The van der Waals surface area contributed by atoms with Crippen molar-refractivity contribution in [3.05, 3.63) is 108 Å². The Morgan fingerprint density at radius 2 is 1.59 bits per heavy atom. The molecule has 1 atom stereocenters. The van der Waals surface area contributed by atoms with Gasteiger partial charge in [-0.1, -0.05) is 75.1 Å². The molecule has 0 bridgehead atoms. The van der Waals surface area contributed by atoms with Gasteiger partial charge < -0.3 is 4.90 Å². The van der Waals surface area contributed by atoms with Gasteiger partial charge in [0.25, 0.3) is 0 Å². The molecule has 0 aromatic carbocycles. The first kappa shape index (κ1) is 26.5. The van der Waals surface area contributed by atoms with Crippen molar-refractivity contribution in [2.24, 2.45) is 5.92 Å². The Morgan fingerprint density at radius 3 is 2.03 bits per heavy atom. The van der Waals surface area contributed by atoms with Crippen molar-refractivity contribution >= 4 is 0 Å². The number of rotatable bonds is 12. The summed E-state index contributed by atoms with van der Waals surface area (Å²) in [6, 6.07) is 0. The smallest absolute Gasteiger partial charge is 0.0341 e. The third kappa shape index (κ3) is 9.00. The maximum atomic E-state index is 4.30. The highest BCUT2D eigenvalue weighted by molar-refractivity contribution is 5.53. The maximum Gasteiger partial charge on any atom is 0.0341 e. The van der Waals surface area contributed by atoms with Gasteiger partial charge in [-0.15, -0.1) is 6.58 Å². The Kier molecular flexibility index (Phi) is 12.4. The van der Waals surface area contributed by atoms with E-state index in [0.717, 1.165) is 41.0 Å². The summed E-state index contributed by atoms with van der Waals surface area (Å²) >= 11 is 0.